The second kappa shape index (κ2) is 3.94. The average molecular weight is 179 g/mol. The third kappa shape index (κ3) is 2.11. The van der Waals surface area contributed by atoms with E-state index in [0.717, 1.165) is 32.1 Å². The van der Waals surface area contributed by atoms with E-state index in [1.807, 2.05) is 6.20 Å². The first kappa shape index (κ1) is 8.78. The lowest BCUT2D eigenvalue weighted by atomic mass is 10.1. The van der Waals surface area contributed by atoms with Gasteiger partial charge in [-0.1, -0.05) is 0 Å². The van der Waals surface area contributed by atoms with E-state index in [4.69, 9.17) is 0 Å². The van der Waals surface area contributed by atoms with Gasteiger partial charge in [0.05, 0.1) is 0 Å². The van der Waals surface area contributed by atoms with Crippen LogP contribution in [0.2, 0.25) is 0 Å². The summed E-state index contributed by atoms with van der Waals surface area (Å²) < 4.78 is 0. The van der Waals surface area contributed by atoms with Gasteiger partial charge in [-0.05, 0) is 19.2 Å². The molecule has 3 nitrogen and oxygen atoms in total. The Hall–Kier alpha value is -0.800. The summed E-state index contributed by atoms with van der Waals surface area (Å²) in [7, 11) is 2.20. The van der Waals surface area contributed by atoms with Crippen LogP contribution in [0, 0.1) is 0 Å². The maximum atomic E-state index is 3.29. The Morgan fingerprint density at radius 3 is 2.92 bits per heavy atom. The number of aromatic amines is 1. The predicted molar refractivity (Wildman–Crippen MR) is 53.8 cm³/mol. The molecule has 1 fully saturated rings. The number of likely N-dealkylation sites (N-methyl/N-ethyl adjacent to an activating group) is 1. The molecule has 2 rings (SSSR count). The zero-order valence-corrected chi connectivity index (χ0v) is 8.09. The van der Waals surface area contributed by atoms with Crippen molar-refractivity contribution in [2.45, 2.75) is 12.5 Å². The molecule has 72 valence electrons. The number of hydrogen-bond acceptors (Lipinski definition) is 2. The summed E-state index contributed by atoms with van der Waals surface area (Å²) in [6, 6.07) is 4.96. The summed E-state index contributed by atoms with van der Waals surface area (Å²) >= 11 is 0. The minimum Gasteiger partial charge on any atom is -0.365 e. The van der Waals surface area contributed by atoms with Crippen LogP contribution in [0.3, 0.4) is 0 Å². The molecule has 0 aromatic carbocycles. The van der Waals surface area contributed by atoms with Gasteiger partial charge >= 0.3 is 0 Å². The molecule has 0 saturated carbocycles. The zero-order valence-electron chi connectivity index (χ0n) is 8.09. The smallest absolute Gasteiger partial charge is 0.0342 e. The monoisotopic (exact) mass is 179 g/mol. The minimum atomic E-state index is 0.759. The van der Waals surface area contributed by atoms with Crippen LogP contribution in [-0.2, 0) is 6.42 Å². The van der Waals surface area contributed by atoms with Gasteiger partial charge in [-0.15, -0.1) is 0 Å². The second-order valence-corrected chi connectivity index (χ2v) is 3.74. The number of rotatable bonds is 4. The van der Waals surface area contributed by atoms with E-state index in [-0.39, 0.29) is 0 Å². The van der Waals surface area contributed by atoms with Crippen molar-refractivity contribution in [1.29, 1.82) is 0 Å². The third-order valence-electron chi connectivity index (χ3n) is 2.78. The van der Waals surface area contributed by atoms with Crippen LogP contribution < -0.4 is 5.32 Å². The van der Waals surface area contributed by atoms with E-state index in [0.29, 0.717) is 0 Å². The highest BCUT2D eigenvalue weighted by Crippen LogP contribution is 2.04. The summed E-state index contributed by atoms with van der Waals surface area (Å²) in [5.74, 6) is 0. The molecular formula is C10H17N3. The summed E-state index contributed by atoms with van der Waals surface area (Å²) in [6.45, 7) is 3.45. The number of hydrogen-bond donors (Lipinski definition) is 2. The topological polar surface area (TPSA) is 31.1 Å². The standard InChI is InChI=1S/C10H17N3/c1-13(10-7-11-8-10)6-4-9-3-2-5-12-9/h2-3,5,10-12H,4,6-8H2,1H3. The molecular weight excluding hydrogens is 162 g/mol. The third-order valence-corrected chi connectivity index (χ3v) is 2.78. The van der Waals surface area contributed by atoms with Gasteiger partial charge in [0, 0.05) is 44.0 Å². The van der Waals surface area contributed by atoms with Gasteiger partial charge in [0.25, 0.3) is 0 Å². The fraction of sp³-hybridized carbons (Fsp3) is 0.600. The fourth-order valence-electron chi connectivity index (χ4n) is 1.59. The van der Waals surface area contributed by atoms with E-state index >= 15 is 0 Å². The highest BCUT2D eigenvalue weighted by Gasteiger charge is 2.20. The molecule has 1 aromatic heterocycles. The van der Waals surface area contributed by atoms with Gasteiger partial charge in [-0.2, -0.15) is 0 Å². The molecule has 13 heavy (non-hydrogen) atoms. The van der Waals surface area contributed by atoms with E-state index in [2.05, 4.69) is 34.4 Å². The van der Waals surface area contributed by atoms with Crippen LogP contribution in [0.4, 0.5) is 0 Å². The number of aromatic nitrogens is 1. The summed E-state index contributed by atoms with van der Waals surface area (Å²) in [6.07, 6.45) is 3.11. The van der Waals surface area contributed by atoms with Crippen molar-refractivity contribution >= 4 is 0 Å². The predicted octanol–water partition coefficient (Wildman–Crippen LogP) is 0.461. The summed E-state index contributed by atoms with van der Waals surface area (Å²) in [5, 5.41) is 3.29. The second-order valence-electron chi connectivity index (χ2n) is 3.74. The van der Waals surface area contributed by atoms with Crippen molar-refractivity contribution in [1.82, 2.24) is 15.2 Å². The molecule has 1 aliphatic rings. The van der Waals surface area contributed by atoms with Gasteiger partial charge in [0.15, 0.2) is 0 Å². The molecule has 2 heterocycles. The van der Waals surface area contributed by atoms with Crippen LogP contribution in [0.1, 0.15) is 5.69 Å². The first-order valence-corrected chi connectivity index (χ1v) is 4.89. The van der Waals surface area contributed by atoms with Gasteiger partial charge in [0.2, 0.25) is 0 Å². The molecule has 0 bridgehead atoms. The average Bonchev–Trinajstić information content (AvgIpc) is 2.49. The molecule has 0 amide bonds. The number of H-pyrrole nitrogens is 1. The van der Waals surface area contributed by atoms with Crippen LogP contribution in [0.5, 0.6) is 0 Å². The van der Waals surface area contributed by atoms with Gasteiger partial charge in [-0.25, -0.2) is 0 Å². The lowest BCUT2D eigenvalue weighted by Crippen LogP contribution is -2.56. The molecule has 0 spiro atoms. The minimum absolute atomic E-state index is 0.759. The Bertz CT molecular complexity index is 239. The Morgan fingerprint density at radius 1 is 1.54 bits per heavy atom. The lowest BCUT2D eigenvalue weighted by molar-refractivity contribution is 0.182. The van der Waals surface area contributed by atoms with Crippen molar-refractivity contribution in [3.63, 3.8) is 0 Å². The lowest BCUT2D eigenvalue weighted by Gasteiger charge is -2.35. The Kier molecular flexibility index (Phi) is 2.66. The van der Waals surface area contributed by atoms with Crippen molar-refractivity contribution < 1.29 is 0 Å². The molecule has 0 aliphatic carbocycles. The van der Waals surface area contributed by atoms with Crippen LogP contribution in [-0.4, -0.2) is 42.6 Å². The molecule has 1 aliphatic heterocycles. The van der Waals surface area contributed by atoms with Crippen molar-refractivity contribution in [3.8, 4) is 0 Å². The SMILES string of the molecule is CN(CCc1ccc[nH]1)C1CNC1. The van der Waals surface area contributed by atoms with Crippen LogP contribution >= 0.6 is 0 Å². The zero-order chi connectivity index (χ0) is 9.10. The molecule has 0 unspecified atom stereocenters. The normalized spacial score (nSPS) is 17.7. The molecule has 0 atom stereocenters. The highest BCUT2D eigenvalue weighted by atomic mass is 15.2. The van der Waals surface area contributed by atoms with Crippen LogP contribution in [0.25, 0.3) is 0 Å². The van der Waals surface area contributed by atoms with Gasteiger partial charge < -0.3 is 15.2 Å². The molecule has 1 aromatic rings. The fourth-order valence-corrected chi connectivity index (χ4v) is 1.59. The van der Waals surface area contributed by atoms with Crippen LogP contribution in [0.15, 0.2) is 18.3 Å². The van der Waals surface area contributed by atoms with Crippen molar-refractivity contribution in [2.75, 3.05) is 26.7 Å². The molecule has 1 saturated heterocycles. The molecule has 0 radical (unpaired) electrons. The maximum Gasteiger partial charge on any atom is 0.0342 e. The summed E-state index contributed by atoms with van der Waals surface area (Å²) in [5.41, 5.74) is 1.33. The number of nitrogens with zero attached hydrogens (tertiary/aromatic N) is 1. The molecule has 3 heteroatoms. The highest BCUT2D eigenvalue weighted by molar-refractivity contribution is 5.04. The maximum absolute atomic E-state index is 3.29. The van der Waals surface area contributed by atoms with E-state index in [1.54, 1.807) is 0 Å². The number of nitrogens with one attached hydrogen (secondary N) is 2. The van der Waals surface area contributed by atoms with E-state index in [9.17, 15) is 0 Å². The van der Waals surface area contributed by atoms with Crippen molar-refractivity contribution in [2.24, 2.45) is 0 Å². The Morgan fingerprint density at radius 2 is 2.38 bits per heavy atom. The van der Waals surface area contributed by atoms with Gasteiger partial charge in [-0.3, -0.25) is 0 Å². The first-order valence-electron chi connectivity index (χ1n) is 4.89. The first-order chi connectivity index (χ1) is 6.36. The largest absolute Gasteiger partial charge is 0.365 e. The summed E-state index contributed by atoms with van der Waals surface area (Å²) in [4.78, 5) is 5.65. The van der Waals surface area contributed by atoms with Crippen molar-refractivity contribution in [3.05, 3.63) is 24.0 Å². The van der Waals surface area contributed by atoms with E-state index in [1.165, 1.54) is 5.69 Å². The van der Waals surface area contributed by atoms with E-state index < -0.39 is 0 Å². The quantitative estimate of drug-likeness (QED) is 0.703. The molecule has 2 N–H and O–H groups in total. The Balaban J connectivity index is 1.72. The Labute approximate surface area is 79.1 Å². The van der Waals surface area contributed by atoms with Gasteiger partial charge in [0.1, 0.15) is 0 Å².